The summed E-state index contributed by atoms with van der Waals surface area (Å²) in [4.78, 5) is 24.8. The molecule has 216 valence electrons. The summed E-state index contributed by atoms with van der Waals surface area (Å²) in [5.74, 6) is 3.01. The molecule has 2 aromatic carbocycles. The van der Waals surface area contributed by atoms with Crippen LogP contribution in [0.3, 0.4) is 0 Å². The molecule has 0 bridgehead atoms. The SMILES string of the molecule is COc1cccc(OC[C@H](COc2cncc(-c3cc4c(cnc5cc(OC)c(OC)cc54)c(N)n3)c2)NC(=O)O)c1. The number of nitrogens with two attached hydrogens (primary N) is 1. The number of pyridine rings is 3. The van der Waals surface area contributed by atoms with E-state index in [1.807, 2.05) is 12.1 Å². The molecule has 4 N–H and O–H groups in total. The summed E-state index contributed by atoms with van der Waals surface area (Å²) in [6, 6.07) is 13.7. The van der Waals surface area contributed by atoms with E-state index in [2.05, 4.69) is 20.3 Å². The molecule has 5 aromatic rings. The number of aromatic nitrogens is 3. The number of carbonyl (C=O) groups is 1. The van der Waals surface area contributed by atoms with Crippen LogP contribution in [0.1, 0.15) is 0 Å². The Kier molecular flexibility index (Phi) is 8.23. The normalized spacial score (nSPS) is 11.6. The van der Waals surface area contributed by atoms with Gasteiger partial charge in [-0.2, -0.15) is 0 Å². The van der Waals surface area contributed by atoms with E-state index in [9.17, 15) is 9.90 Å². The lowest BCUT2D eigenvalue weighted by atomic mass is 10.0. The third-order valence-electron chi connectivity index (χ3n) is 6.49. The number of nitrogen functional groups attached to an aromatic ring is 1. The maximum Gasteiger partial charge on any atom is 0.405 e. The minimum Gasteiger partial charge on any atom is -0.497 e. The Morgan fingerprint density at radius 3 is 2.33 bits per heavy atom. The van der Waals surface area contributed by atoms with Crippen LogP contribution in [0.5, 0.6) is 28.7 Å². The molecule has 3 heterocycles. The number of methoxy groups -OCH3 is 3. The van der Waals surface area contributed by atoms with E-state index in [-0.39, 0.29) is 13.2 Å². The third-order valence-corrected chi connectivity index (χ3v) is 6.49. The first kappa shape index (κ1) is 28.0. The maximum atomic E-state index is 11.4. The van der Waals surface area contributed by atoms with Gasteiger partial charge in [-0.3, -0.25) is 9.97 Å². The van der Waals surface area contributed by atoms with Crippen LogP contribution < -0.4 is 34.7 Å². The first-order valence-corrected chi connectivity index (χ1v) is 12.8. The second-order valence-electron chi connectivity index (χ2n) is 9.19. The second kappa shape index (κ2) is 12.3. The average Bonchev–Trinajstić information content (AvgIpc) is 3.01. The fraction of sp³-hybridized carbons (Fsp3) is 0.200. The molecule has 0 saturated heterocycles. The quantitative estimate of drug-likeness (QED) is 0.191. The Bertz CT molecular complexity index is 1750. The van der Waals surface area contributed by atoms with Crippen LogP contribution >= 0.6 is 0 Å². The summed E-state index contributed by atoms with van der Waals surface area (Å²) in [6.45, 7) is 0.0251. The number of amides is 1. The van der Waals surface area contributed by atoms with Gasteiger partial charge >= 0.3 is 6.09 Å². The number of rotatable bonds is 11. The van der Waals surface area contributed by atoms with Crippen molar-refractivity contribution in [2.24, 2.45) is 0 Å². The van der Waals surface area contributed by atoms with Gasteiger partial charge in [0.1, 0.15) is 42.3 Å². The van der Waals surface area contributed by atoms with Gasteiger partial charge in [0.05, 0.1) is 38.7 Å². The topological polar surface area (TPSA) is 160 Å². The molecule has 0 aliphatic heterocycles. The van der Waals surface area contributed by atoms with Crippen molar-refractivity contribution in [2.45, 2.75) is 6.04 Å². The lowest BCUT2D eigenvalue weighted by Crippen LogP contribution is -2.42. The predicted molar refractivity (Wildman–Crippen MR) is 157 cm³/mol. The van der Waals surface area contributed by atoms with Crippen molar-refractivity contribution in [3.8, 4) is 40.0 Å². The monoisotopic (exact) mass is 571 g/mol. The smallest absolute Gasteiger partial charge is 0.405 e. The zero-order valence-corrected chi connectivity index (χ0v) is 23.2. The van der Waals surface area contributed by atoms with E-state index in [0.717, 1.165) is 10.8 Å². The van der Waals surface area contributed by atoms with E-state index < -0.39 is 12.1 Å². The highest BCUT2D eigenvalue weighted by atomic mass is 16.5. The number of fused-ring (bicyclic) bond motifs is 3. The van der Waals surface area contributed by atoms with Crippen LogP contribution in [0.2, 0.25) is 0 Å². The fourth-order valence-electron chi connectivity index (χ4n) is 4.43. The number of benzene rings is 2. The van der Waals surface area contributed by atoms with Crippen LogP contribution in [0.15, 0.2) is 67.1 Å². The standard InChI is InChI=1S/C30H29N5O7/c1-38-19-5-4-6-20(8-19)41-15-18(34-30(36)37)16-42-21-7-17(12-32-13-21)25-9-22-23-10-27(39-2)28(40-3)11-26(23)33-14-24(22)29(31)35-25/h4-14,18,34H,15-16H2,1-3H3,(H2,31,35)(H,36,37)/t18-/m1/s1. The zero-order valence-electron chi connectivity index (χ0n) is 23.2. The summed E-state index contributed by atoms with van der Waals surface area (Å²) in [5.41, 5.74) is 8.28. The summed E-state index contributed by atoms with van der Waals surface area (Å²) >= 11 is 0. The molecule has 0 aliphatic rings. The average molecular weight is 572 g/mol. The van der Waals surface area contributed by atoms with Crippen LogP contribution in [0.25, 0.3) is 32.9 Å². The number of carboxylic acid groups (broad SMARTS) is 1. The van der Waals surface area contributed by atoms with E-state index in [4.69, 9.17) is 29.4 Å². The van der Waals surface area contributed by atoms with Crippen LogP contribution in [0, 0.1) is 0 Å². The molecule has 1 amide bonds. The molecule has 12 nitrogen and oxygen atoms in total. The number of ether oxygens (including phenoxy) is 5. The molecule has 0 saturated carbocycles. The number of nitrogens with one attached hydrogen (secondary N) is 1. The fourth-order valence-corrected chi connectivity index (χ4v) is 4.43. The van der Waals surface area contributed by atoms with Gasteiger partial charge in [-0.15, -0.1) is 0 Å². The predicted octanol–water partition coefficient (Wildman–Crippen LogP) is 4.55. The molecular formula is C30H29N5O7. The Balaban J connectivity index is 1.39. The van der Waals surface area contributed by atoms with E-state index in [1.54, 1.807) is 70.1 Å². The third kappa shape index (κ3) is 6.12. The first-order chi connectivity index (χ1) is 20.4. The van der Waals surface area contributed by atoms with Crippen molar-refractivity contribution >= 4 is 33.6 Å². The summed E-state index contributed by atoms with van der Waals surface area (Å²) in [7, 11) is 4.70. The minimum absolute atomic E-state index is 0.00732. The molecule has 0 aliphatic carbocycles. The van der Waals surface area contributed by atoms with Crippen molar-refractivity contribution < 1.29 is 33.6 Å². The number of hydrogen-bond acceptors (Lipinski definition) is 10. The van der Waals surface area contributed by atoms with Crippen molar-refractivity contribution in [3.63, 3.8) is 0 Å². The van der Waals surface area contributed by atoms with Crippen LogP contribution in [0.4, 0.5) is 10.6 Å². The lowest BCUT2D eigenvalue weighted by molar-refractivity contribution is 0.162. The van der Waals surface area contributed by atoms with Crippen molar-refractivity contribution in [3.05, 3.63) is 67.1 Å². The second-order valence-corrected chi connectivity index (χ2v) is 9.19. The maximum absolute atomic E-state index is 11.4. The molecule has 0 fully saturated rings. The lowest BCUT2D eigenvalue weighted by Gasteiger charge is -2.19. The molecular weight excluding hydrogens is 542 g/mol. The molecule has 0 radical (unpaired) electrons. The molecule has 1 atom stereocenters. The first-order valence-electron chi connectivity index (χ1n) is 12.8. The largest absolute Gasteiger partial charge is 0.497 e. The number of nitrogens with zero attached hydrogens (tertiary/aromatic N) is 3. The Hall–Kier alpha value is -5.52. The van der Waals surface area contributed by atoms with Gasteiger partial charge in [0, 0.05) is 40.9 Å². The molecule has 0 unspecified atom stereocenters. The molecule has 3 aromatic heterocycles. The Labute approximate surface area is 241 Å². The Morgan fingerprint density at radius 1 is 0.857 bits per heavy atom. The van der Waals surface area contributed by atoms with Crippen LogP contribution in [-0.2, 0) is 0 Å². The molecule has 5 rings (SSSR count). The van der Waals surface area contributed by atoms with Gasteiger partial charge in [-0.25, -0.2) is 9.78 Å². The van der Waals surface area contributed by atoms with E-state index >= 15 is 0 Å². The van der Waals surface area contributed by atoms with Crippen LogP contribution in [-0.4, -0.2) is 66.7 Å². The van der Waals surface area contributed by atoms with Gasteiger partial charge in [0.25, 0.3) is 0 Å². The summed E-state index contributed by atoms with van der Waals surface area (Å²) in [5, 5.41) is 14.1. The molecule has 12 heteroatoms. The summed E-state index contributed by atoms with van der Waals surface area (Å²) < 4.78 is 27.8. The van der Waals surface area contributed by atoms with E-state index in [0.29, 0.717) is 56.7 Å². The highest BCUT2D eigenvalue weighted by Gasteiger charge is 2.16. The number of hydrogen-bond donors (Lipinski definition) is 3. The zero-order chi connectivity index (χ0) is 29.6. The van der Waals surface area contributed by atoms with Gasteiger partial charge in [-0.05, 0) is 35.7 Å². The van der Waals surface area contributed by atoms with E-state index in [1.165, 1.54) is 6.20 Å². The number of anilines is 1. The van der Waals surface area contributed by atoms with Gasteiger partial charge < -0.3 is 39.8 Å². The van der Waals surface area contributed by atoms with Gasteiger partial charge in [-0.1, -0.05) is 6.07 Å². The van der Waals surface area contributed by atoms with Crippen molar-refractivity contribution in [1.29, 1.82) is 0 Å². The van der Waals surface area contributed by atoms with Gasteiger partial charge in [0.15, 0.2) is 11.5 Å². The van der Waals surface area contributed by atoms with Crippen molar-refractivity contribution in [1.82, 2.24) is 20.3 Å². The summed E-state index contributed by atoms with van der Waals surface area (Å²) in [6.07, 6.45) is 3.66. The van der Waals surface area contributed by atoms with Crippen molar-refractivity contribution in [2.75, 3.05) is 40.3 Å². The van der Waals surface area contributed by atoms with Gasteiger partial charge in [0.2, 0.25) is 0 Å². The minimum atomic E-state index is -1.20. The molecule has 0 spiro atoms. The molecule has 42 heavy (non-hydrogen) atoms. The Morgan fingerprint density at radius 2 is 1.60 bits per heavy atom. The highest BCUT2D eigenvalue weighted by Crippen LogP contribution is 2.37. The highest BCUT2D eigenvalue weighted by molar-refractivity contribution is 6.10.